The van der Waals surface area contributed by atoms with Gasteiger partial charge in [0.25, 0.3) is 0 Å². The Hall–Kier alpha value is -0.740. The number of methoxy groups -OCH3 is 1. The van der Waals surface area contributed by atoms with Crippen molar-refractivity contribution in [2.24, 2.45) is 0 Å². The van der Waals surface area contributed by atoms with E-state index in [-0.39, 0.29) is 11.2 Å². The number of halogens is 1. The van der Waals surface area contributed by atoms with Crippen molar-refractivity contribution in [2.75, 3.05) is 7.11 Å². The zero-order chi connectivity index (χ0) is 14.1. The lowest BCUT2D eigenvalue weighted by molar-refractivity contribution is 0.397. The number of ether oxygens (including phenoxy) is 1. The van der Waals surface area contributed by atoms with Gasteiger partial charge < -0.3 is 4.74 Å². The molecule has 0 N–H and O–H groups in total. The molecule has 1 rings (SSSR count). The lowest BCUT2D eigenvalue weighted by atomic mass is 9.84. The van der Waals surface area contributed by atoms with Gasteiger partial charge in [0.1, 0.15) is 5.75 Å². The van der Waals surface area contributed by atoms with Crippen LogP contribution in [0.3, 0.4) is 0 Å². The maximum absolute atomic E-state index is 11.2. The average molecular weight is 291 g/mol. The summed E-state index contributed by atoms with van der Waals surface area (Å²) in [5.41, 5.74) is 2.58. The van der Waals surface area contributed by atoms with E-state index in [2.05, 4.69) is 20.8 Å². The molecule has 1 aromatic carbocycles. The van der Waals surface area contributed by atoms with Gasteiger partial charge in [-0.3, -0.25) is 0 Å². The molecule has 0 bridgehead atoms. The third-order valence-electron chi connectivity index (χ3n) is 2.79. The molecule has 0 saturated heterocycles. The minimum absolute atomic E-state index is 0.0610. The minimum atomic E-state index is -3.56. The summed E-state index contributed by atoms with van der Waals surface area (Å²) in [7, 11) is 3.32. The minimum Gasteiger partial charge on any atom is -0.496 e. The van der Waals surface area contributed by atoms with Crippen molar-refractivity contribution in [3.8, 4) is 5.75 Å². The van der Waals surface area contributed by atoms with E-state index >= 15 is 0 Å². The first-order chi connectivity index (χ1) is 8.04. The van der Waals surface area contributed by atoms with E-state index in [1.807, 2.05) is 13.0 Å². The summed E-state index contributed by atoms with van der Waals surface area (Å²) in [4.78, 5) is 0. The highest BCUT2D eigenvalue weighted by Gasteiger charge is 2.21. The predicted octanol–water partition coefficient (Wildman–Crippen LogP) is 3.37. The molecule has 102 valence electrons. The molecule has 0 unspecified atom stereocenters. The molecule has 0 saturated carbocycles. The first-order valence-electron chi connectivity index (χ1n) is 5.65. The van der Waals surface area contributed by atoms with Crippen molar-refractivity contribution in [3.63, 3.8) is 0 Å². The number of rotatable bonds is 3. The number of benzene rings is 1. The van der Waals surface area contributed by atoms with Crippen LogP contribution in [0, 0.1) is 6.92 Å². The van der Waals surface area contributed by atoms with Crippen LogP contribution in [0.5, 0.6) is 5.75 Å². The molecule has 0 spiro atoms. The van der Waals surface area contributed by atoms with Gasteiger partial charge in [-0.25, -0.2) is 8.42 Å². The molecule has 0 aliphatic heterocycles. The van der Waals surface area contributed by atoms with E-state index in [4.69, 9.17) is 15.4 Å². The third-order valence-corrected chi connectivity index (χ3v) is 3.78. The second kappa shape index (κ2) is 5.10. The molecular weight excluding hydrogens is 272 g/mol. The van der Waals surface area contributed by atoms with Crippen LogP contribution in [0.2, 0.25) is 0 Å². The van der Waals surface area contributed by atoms with Crippen molar-refractivity contribution in [1.29, 1.82) is 0 Å². The van der Waals surface area contributed by atoms with Crippen LogP contribution in [0.4, 0.5) is 0 Å². The quantitative estimate of drug-likeness (QED) is 0.802. The molecule has 0 atom stereocenters. The van der Waals surface area contributed by atoms with Gasteiger partial charge >= 0.3 is 0 Å². The molecule has 1 aromatic rings. The van der Waals surface area contributed by atoms with Gasteiger partial charge in [-0.2, -0.15) is 0 Å². The van der Waals surface area contributed by atoms with Crippen LogP contribution in [0.1, 0.15) is 37.5 Å². The standard InChI is InChI=1S/C13H19ClO3S/c1-9-6-11(13(2,3)4)12(17-5)7-10(9)8-18(14,15)16/h6-7H,8H2,1-5H3. The fourth-order valence-electron chi connectivity index (χ4n) is 1.83. The lowest BCUT2D eigenvalue weighted by Crippen LogP contribution is -2.14. The number of aryl methyl sites for hydroxylation is 1. The zero-order valence-corrected chi connectivity index (χ0v) is 12.9. The highest BCUT2D eigenvalue weighted by Crippen LogP contribution is 2.34. The molecule has 0 aliphatic rings. The van der Waals surface area contributed by atoms with E-state index in [1.54, 1.807) is 13.2 Å². The first-order valence-corrected chi connectivity index (χ1v) is 8.13. The lowest BCUT2D eigenvalue weighted by Gasteiger charge is -2.23. The Morgan fingerprint density at radius 3 is 2.22 bits per heavy atom. The smallest absolute Gasteiger partial charge is 0.236 e. The van der Waals surface area contributed by atoms with Crippen molar-refractivity contribution >= 4 is 19.7 Å². The Balaban J connectivity index is 3.36. The van der Waals surface area contributed by atoms with Crippen LogP contribution in [-0.2, 0) is 20.2 Å². The molecule has 0 amide bonds. The summed E-state index contributed by atoms with van der Waals surface area (Å²) in [6.07, 6.45) is 0. The molecule has 18 heavy (non-hydrogen) atoms. The van der Waals surface area contributed by atoms with Gasteiger partial charge in [-0.1, -0.05) is 26.8 Å². The summed E-state index contributed by atoms with van der Waals surface area (Å²) in [5, 5.41) is 0. The SMILES string of the molecule is COc1cc(CS(=O)(=O)Cl)c(C)cc1C(C)(C)C. The summed E-state index contributed by atoms with van der Waals surface area (Å²) in [6.45, 7) is 8.14. The molecule has 0 radical (unpaired) electrons. The van der Waals surface area contributed by atoms with Crippen LogP contribution in [0.25, 0.3) is 0 Å². The second-order valence-corrected chi connectivity index (χ2v) is 8.19. The van der Waals surface area contributed by atoms with Crippen LogP contribution in [0.15, 0.2) is 12.1 Å². The summed E-state index contributed by atoms with van der Waals surface area (Å²) in [5.74, 6) is 0.518. The monoisotopic (exact) mass is 290 g/mol. The van der Waals surface area contributed by atoms with Gasteiger partial charge in [0, 0.05) is 10.7 Å². The van der Waals surface area contributed by atoms with Crippen LogP contribution < -0.4 is 4.74 Å². The summed E-state index contributed by atoms with van der Waals surface area (Å²) in [6, 6.07) is 3.73. The summed E-state index contributed by atoms with van der Waals surface area (Å²) >= 11 is 0. The Labute approximate surface area is 114 Å². The van der Waals surface area contributed by atoms with Gasteiger partial charge in [-0.15, -0.1) is 0 Å². The Bertz CT molecular complexity index is 542. The van der Waals surface area contributed by atoms with Gasteiger partial charge in [-0.05, 0) is 35.1 Å². The molecule has 0 aliphatic carbocycles. The van der Waals surface area contributed by atoms with Crippen molar-refractivity contribution in [3.05, 3.63) is 28.8 Å². The highest BCUT2D eigenvalue weighted by atomic mass is 35.7. The Kier molecular flexibility index (Phi) is 4.34. The number of hydrogen-bond donors (Lipinski definition) is 0. The van der Waals surface area contributed by atoms with Gasteiger partial charge in [0.15, 0.2) is 0 Å². The second-order valence-electron chi connectivity index (χ2n) is 5.41. The topological polar surface area (TPSA) is 43.4 Å². The zero-order valence-electron chi connectivity index (χ0n) is 11.4. The van der Waals surface area contributed by atoms with E-state index in [0.29, 0.717) is 11.3 Å². The molecule has 5 heteroatoms. The summed E-state index contributed by atoms with van der Waals surface area (Å²) < 4.78 is 27.7. The first kappa shape index (κ1) is 15.3. The molecular formula is C13H19ClO3S. The third kappa shape index (κ3) is 3.89. The average Bonchev–Trinajstić information content (AvgIpc) is 2.17. The maximum Gasteiger partial charge on any atom is 0.236 e. The van der Waals surface area contributed by atoms with E-state index in [1.165, 1.54) is 0 Å². The molecule has 0 aromatic heterocycles. The van der Waals surface area contributed by atoms with Gasteiger partial charge in [0.2, 0.25) is 9.05 Å². The van der Waals surface area contributed by atoms with Crippen molar-refractivity contribution in [2.45, 2.75) is 38.9 Å². The van der Waals surface area contributed by atoms with Crippen molar-refractivity contribution < 1.29 is 13.2 Å². The molecule has 0 heterocycles. The highest BCUT2D eigenvalue weighted by molar-refractivity contribution is 8.13. The normalized spacial score (nSPS) is 12.6. The largest absolute Gasteiger partial charge is 0.496 e. The molecule has 0 fully saturated rings. The van der Waals surface area contributed by atoms with Crippen LogP contribution >= 0.6 is 10.7 Å². The van der Waals surface area contributed by atoms with E-state index in [0.717, 1.165) is 11.1 Å². The fraction of sp³-hybridized carbons (Fsp3) is 0.538. The Morgan fingerprint density at radius 1 is 1.28 bits per heavy atom. The number of hydrogen-bond acceptors (Lipinski definition) is 3. The maximum atomic E-state index is 11.2. The molecule has 3 nitrogen and oxygen atoms in total. The van der Waals surface area contributed by atoms with Crippen LogP contribution in [-0.4, -0.2) is 15.5 Å². The Morgan fingerprint density at radius 2 is 1.83 bits per heavy atom. The predicted molar refractivity (Wildman–Crippen MR) is 74.9 cm³/mol. The van der Waals surface area contributed by atoms with Gasteiger partial charge in [0.05, 0.1) is 12.9 Å². The van der Waals surface area contributed by atoms with Crippen molar-refractivity contribution in [1.82, 2.24) is 0 Å². The van der Waals surface area contributed by atoms with E-state index in [9.17, 15) is 8.42 Å². The van der Waals surface area contributed by atoms with E-state index < -0.39 is 9.05 Å². The fourth-order valence-corrected chi connectivity index (χ4v) is 2.86.